The molecule has 110 valence electrons. The van der Waals surface area contributed by atoms with Crippen molar-refractivity contribution >= 4 is 28.9 Å². The van der Waals surface area contributed by atoms with Crippen LogP contribution in [0.3, 0.4) is 0 Å². The second-order valence-electron chi connectivity index (χ2n) is 4.62. The average Bonchev–Trinajstić information content (AvgIpc) is 2.50. The van der Waals surface area contributed by atoms with Gasteiger partial charge in [-0.25, -0.2) is 0 Å². The van der Waals surface area contributed by atoms with Crippen molar-refractivity contribution in [3.8, 4) is 6.07 Å². The summed E-state index contributed by atoms with van der Waals surface area (Å²) in [6.45, 7) is 1.96. The highest BCUT2D eigenvalue weighted by molar-refractivity contribution is 6.33. The lowest BCUT2D eigenvalue weighted by molar-refractivity contribution is -0.112. The van der Waals surface area contributed by atoms with E-state index in [0.717, 1.165) is 11.3 Å². The number of amides is 1. The molecule has 5 heteroatoms. The minimum absolute atomic E-state index is 0.0403. The molecule has 4 nitrogen and oxygen atoms in total. The fourth-order valence-corrected chi connectivity index (χ4v) is 1.97. The first-order valence-corrected chi connectivity index (χ1v) is 6.97. The summed E-state index contributed by atoms with van der Waals surface area (Å²) in [5.41, 5.74) is 2.31. The number of carbonyl (C=O) groups excluding carboxylic acids is 1. The number of rotatable bonds is 4. The standard InChI is InChI=1S/C17H14ClN3O/c1-12-5-4-6-14(9-12)20-11-13(10-19)17(22)21-16-8-3-2-7-15(16)18/h2-9,11,20H,1H3,(H,21,22)/b13-11-. The summed E-state index contributed by atoms with van der Waals surface area (Å²) in [6.07, 6.45) is 1.38. The highest BCUT2D eigenvalue weighted by atomic mass is 35.5. The molecule has 22 heavy (non-hydrogen) atoms. The van der Waals surface area contributed by atoms with Crippen molar-refractivity contribution in [2.75, 3.05) is 10.6 Å². The van der Waals surface area contributed by atoms with Crippen LogP contribution in [0.15, 0.2) is 60.3 Å². The third kappa shape index (κ3) is 4.11. The van der Waals surface area contributed by atoms with Crippen LogP contribution in [-0.2, 0) is 4.79 Å². The van der Waals surface area contributed by atoms with E-state index in [2.05, 4.69) is 10.6 Å². The van der Waals surface area contributed by atoms with Gasteiger partial charge < -0.3 is 10.6 Å². The predicted molar refractivity (Wildman–Crippen MR) is 88.6 cm³/mol. The Morgan fingerprint density at radius 1 is 1.23 bits per heavy atom. The number of para-hydroxylation sites is 1. The lowest BCUT2D eigenvalue weighted by atomic mass is 10.2. The van der Waals surface area contributed by atoms with Crippen LogP contribution < -0.4 is 10.6 Å². The lowest BCUT2D eigenvalue weighted by Crippen LogP contribution is -2.14. The molecule has 0 aromatic heterocycles. The van der Waals surface area contributed by atoms with Crippen molar-refractivity contribution in [1.82, 2.24) is 0 Å². The molecular weight excluding hydrogens is 298 g/mol. The minimum Gasteiger partial charge on any atom is -0.360 e. The Morgan fingerprint density at radius 3 is 2.68 bits per heavy atom. The summed E-state index contributed by atoms with van der Waals surface area (Å²) in [5, 5.41) is 15.1. The average molecular weight is 312 g/mol. The molecule has 0 unspecified atom stereocenters. The maximum Gasteiger partial charge on any atom is 0.267 e. The summed E-state index contributed by atoms with van der Waals surface area (Å²) in [4.78, 5) is 12.1. The van der Waals surface area contributed by atoms with Crippen molar-refractivity contribution < 1.29 is 4.79 Å². The second kappa shape index (κ2) is 7.30. The first-order valence-electron chi connectivity index (χ1n) is 6.59. The third-order valence-electron chi connectivity index (χ3n) is 2.89. The Balaban J connectivity index is 2.11. The van der Waals surface area contributed by atoms with E-state index in [4.69, 9.17) is 16.9 Å². The maximum atomic E-state index is 12.1. The molecule has 0 saturated carbocycles. The monoisotopic (exact) mass is 311 g/mol. The highest BCUT2D eigenvalue weighted by Crippen LogP contribution is 2.21. The van der Waals surface area contributed by atoms with Crippen LogP contribution in [0.2, 0.25) is 5.02 Å². The van der Waals surface area contributed by atoms with Gasteiger partial charge >= 0.3 is 0 Å². The van der Waals surface area contributed by atoms with E-state index >= 15 is 0 Å². The van der Waals surface area contributed by atoms with Crippen molar-refractivity contribution in [2.45, 2.75) is 6.92 Å². The quantitative estimate of drug-likeness (QED) is 0.660. The molecule has 0 atom stereocenters. The zero-order chi connectivity index (χ0) is 15.9. The van der Waals surface area contributed by atoms with Crippen LogP contribution in [0.1, 0.15) is 5.56 Å². The summed E-state index contributed by atoms with van der Waals surface area (Å²) in [6, 6.07) is 16.3. The Hall–Kier alpha value is -2.77. The van der Waals surface area contributed by atoms with Crippen LogP contribution in [0, 0.1) is 18.3 Å². The predicted octanol–water partition coefficient (Wildman–Crippen LogP) is 4.11. The van der Waals surface area contributed by atoms with E-state index in [9.17, 15) is 4.79 Å². The molecule has 0 bridgehead atoms. The number of nitrogens with one attached hydrogen (secondary N) is 2. The highest BCUT2D eigenvalue weighted by Gasteiger charge is 2.10. The van der Waals surface area contributed by atoms with Crippen LogP contribution in [0.25, 0.3) is 0 Å². The van der Waals surface area contributed by atoms with Gasteiger partial charge in [-0.05, 0) is 36.8 Å². The fourth-order valence-electron chi connectivity index (χ4n) is 1.79. The van der Waals surface area contributed by atoms with E-state index in [1.54, 1.807) is 24.3 Å². The second-order valence-corrected chi connectivity index (χ2v) is 5.02. The number of aryl methyl sites for hydroxylation is 1. The van der Waals surface area contributed by atoms with Crippen molar-refractivity contribution in [3.63, 3.8) is 0 Å². The van der Waals surface area contributed by atoms with E-state index in [1.165, 1.54) is 6.20 Å². The molecule has 0 spiro atoms. The molecule has 0 saturated heterocycles. The number of carbonyl (C=O) groups is 1. The lowest BCUT2D eigenvalue weighted by Gasteiger charge is -2.07. The molecule has 0 aliphatic rings. The van der Waals surface area contributed by atoms with Crippen LogP contribution in [-0.4, -0.2) is 5.91 Å². The van der Waals surface area contributed by atoms with Crippen molar-refractivity contribution in [1.29, 1.82) is 5.26 Å². The van der Waals surface area contributed by atoms with Crippen LogP contribution in [0.5, 0.6) is 0 Å². The molecule has 0 radical (unpaired) electrons. The maximum absolute atomic E-state index is 12.1. The van der Waals surface area contributed by atoms with E-state index in [0.29, 0.717) is 10.7 Å². The normalized spacial score (nSPS) is 10.7. The van der Waals surface area contributed by atoms with Crippen molar-refractivity contribution in [3.05, 3.63) is 70.9 Å². The number of halogens is 1. The number of nitrogens with zero attached hydrogens (tertiary/aromatic N) is 1. The third-order valence-corrected chi connectivity index (χ3v) is 3.22. The first kappa shape index (κ1) is 15.6. The van der Waals surface area contributed by atoms with Crippen LogP contribution in [0.4, 0.5) is 11.4 Å². The van der Waals surface area contributed by atoms with Gasteiger partial charge in [-0.15, -0.1) is 0 Å². The Kier molecular flexibility index (Phi) is 5.18. The fraction of sp³-hybridized carbons (Fsp3) is 0.0588. The van der Waals surface area contributed by atoms with E-state index in [1.807, 2.05) is 37.3 Å². The first-order chi connectivity index (χ1) is 10.6. The largest absolute Gasteiger partial charge is 0.360 e. The number of benzene rings is 2. The zero-order valence-corrected chi connectivity index (χ0v) is 12.7. The van der Waals surface area contributed by atoms with E-state index in [-0.39, 0.29) is 5.57 Å². The van der Waals surface area contributed by atoms with Crippen LogP contribution >= 0.6 is 11.6 Å². The minimum atomic E-state index is -0.518. The number of nitriles is 1. The van der Waals surface area contributed by atoms with Gasteiger partial charge in [0.2, 0.25) is 0 Å². The number of hydrogen-bond donors (Lipinski definition) is 2. The van der Waals surface area contributed by atoms with Crippen molar-refractivity contribution in [2.24, 2.45) is 0 Å². The zero-order valence-electron chi connectivity index (χ0n) is 11.9. The molecule has 0 fully saturated rings. The van der Waals surface area contributed by atoms with Gasteiger partial charge in [0, 0.05) is 11.9 Å². The molecule has 2 N–H and O–H groups in total. The summed E-state index contributed by atoms with van der Waals surface area (Å²) >= 11 is 5.97. The smallest absolute Gasteiger partial charge is 0.267 e. The molecule has 2 aromatic carbocycles. The van der Waals surface area contributed by atoms with Gasteiger partial charge in [0.1, 0.15) is 11.6 Å². The molecule has 2 rings (SSSR count). The van der Waals surface area contributed by atoms with Gasteiger partial charge in [0.25, 0.3) is 5.91 Å². The van der Waals surface area contributed by atoms with Gasteiger partial charge in [0.15, 0.2) is 0 Å². The SMILES string of the molecule is Cc1cccc(N/C=C(/C#N)C(=O)Nc2ccccc2Cl)c1. The van der Waals surface area contributed by atoms with Gasteiger partial charge in [-0.3, -0.25) is 4.79 Å². The van der Waals surface area contributed by atoms with Gasteiger partial charge in [0.05, 0.1) is 10.7 Å². The summed E-state index contributed by atoms with van der Waals surface area (Å²) < 4.78 is 0. The number of anilines is 2. The molecule has 0 heterocycles. The summed E-state index contributed by atoms with van der Waals surface area (Å²) in [7, 11) is 0. The Morgan fingerprint density at radius 2 is 2.00 bits per heavy atom. The summed E-state index contributed by atoms with van der Waals surface area (Å²) in [5.74, 6) is -0.518. The van der Waals surface area contributed by atoms with Gasteiger partial charge in [-0.2, -0.15) is 5.26 Å². The molecule has 2 aromatic rings. The Labute approximate surface area is 134 Å². The molecule has 0 aliphatic carbocycles. The molecule has 0 aliphatic heterocycles. The Bertz CT molecular complexity index is 762. The molecular formula is C17H14ClN3O. The number of hydrogen-bond acceptors (Lipinski definition) is 3. The van der Waals surface area contributed by atoms with E-state index < -0.39 is 5.91 Å². The van der Waals surface area contributed by atoms with Gasteiger partial charge in [-0.1, -0.05) is 35.9 Å². The molecule has 1 amide bonds. The topological polar surface area (TPSA) is 64.9 Å².